The second-order valence-electron chi connectivity index (χ2n) is 5.95. The third-order valence-corrected chi connectivity index (χ3v) is 4.28. The van der Waals surface area contributed by atoms with Gasteiger partial charge in [0.15, 0.2) is 0 Å². The van der Waals surface area contributed by atoms with E-state index >= 15 is 0 Å². The summed E-state index contributed by atoms with van der Waals surface area (Å²) >= 11 is 0. The van der Waals surface area contributed by atoms with Crippen molar-refractivity contribution in [2.75, 3.05) is 6.54 Å². The van der Waals surface area contributed by atoms with Gasteiger partial charge in [0, 0.05) is 12.2 Å². The number of piperidine rings is 1. The van der Waals surface area contributed by atoms with E-state index in [2.05, 4.69) is 23.7 Å². The number of fused-ring (bicyclic) bond motifs is 1. The van der Waals surface area contributed by atoms with Gasteiger partial charge >= 0.3 is 5.97 Å². The molecule has 0 bridgehead atoms. The zero-order valence-electron chi connectivity index (χ0n) is 12.5. The molecule has 5 nitrogen and oxygen atoms in total. The highest BCUT2D eigenvalue weighted by atomic mass is 16.4. The molecule has 21 heavy (non-hydrogen) atoms. The number of hydrogen-bond acceptors (Lipinski definition) is 3. The number of aromatic nitrogens is 2. The lowest BCUT2D eigenvalue weighted by Crippen LogP contribution is -2.38. The lowest BCUT2D eigenvalue weighted by atomic mass is 9.98. The van der Waals surface area contributed by atoms with Crippen LogP contribution in [0.2, 0.25) is 0 Å². The molecule has 1 atom stereocenters. The maximum atomic E-state index is 11.3. The monoisotopic (exact) mass is 287 g/mol. The van der Waals surface area contributed by atoms with Crippen LogP contribution in [-0.4, -0.2) is 37.9 Å². The van der Waals surface area contributed by atoms with E-state index in [1.807, 2.05) is 12.3 Å². The Bertz CT molecular complexity index is 663. The van der Waals surface area contributed by atoms with Gasteiger partial charge in [0.1, 0.15) is 11.3 Å². The van der Waals surface area contributed by atoms with Gasteiger partial charge in [-0.3, -0.25) is 9.30 Å². The molecule has 1 N–H and O–H groups in total. The van der Waals surface area contributed by atoms with Gasteiger partial charge in [0.2, 0.25) is 0 Å². The third-order valence-electron chi connectivity index (χ3n) is 4.28. The first-order chi connectivity index (χ1) is 10.1. The molecule has 112 valence electrons. The standard InChI is InChI=1S/C16H21N3O2/c1-11(2)18-9-4-3-6-13(18)12-10-19-14(16(20)21)7-5-8-15(19)17-12/h5,7-8,10-11,13H,3-4,6,9H2,1-2H3,(H,20,21). The van der Waals surface area contributed by atoms with Crippen LogP contribution in [0.25, 0.3) is 5.65 Å². The topological polar surface area (TPSA) is 57.8 Å². The van der Waals surface area contributed by atoms with Gasteiger partial charge in [-0.2, -0.15) is 0 Å². The van der Waals surface area contributed by atoms with E-state index in [9.17, 15) is 9.90 Å². The van der Waals surface area contributed by atoms with Gasteiger partial charge in [-0.1, -0.05) is 12.5 Å². The Kier molecular flexibility index (Phi) is 3.68. The number of carboxylic acids is 1. The molecule has 0 amide bonds. The van der Waals surface area contributed by atoms with Gasteiger partial charge in [-0.25, -0.2) is 9.78 Å². The number of carbonyl (C=O) groups is 1. The first-order valence-electron chi connectivity index (χ1n) is 7.55. The van der Waals surface area contributed by atoms with Crippen molar-refractivity contribution >= 4 is 11.6 Å². The summed E-state index contributed by atoms with van der Waals surface area (Å²) in [6.45, 7) is 5.50. The fourth-order valence-corrected chi connectivity index (χ4v) is 3.25. The van der Waals surface area contributed by atoms with Crippen LogP contribution in [0.15, 0.2) is 24.4 Å². The van der Waals surface area contributed by atoms with Gasteiger partial charge in [-0.05, 0) is 45.4 Å². The third kappa shape index (κ3) is 2.53. The normalized spacial score (nSPS) is 20.2. The molecule has 1 unspecified atom stereocenters. The van der Waals surface area contributed by atoms with Crippen LogP contribution in [0.4, 0.5) is 0 Å². The molecular weight excluding hydrogens is 266 g/mol. The zero-order valence-corrected chi connectivity index (χ0v) is 12.5. The maximum Gasteiger partial charge on any atom is 0.352 e. The highest BCUT2D eigenvalue weighted by Crippen LogP contribution is 2.32. The average molecular weight is 287 g/mol. The minimum Gasteiger partial charge on any atom is -0.477 e. The molecule has 1 saturated heterocycles. The van der Waals surface area contributed by atoms with Crippen LogP contribution in [0.1, 0.15) is 55.3 Å². The molecule has 1 aliphatic rings. The smallest absolute Gasteiger partial charge is 0.352 e. The van der Waals surface area contributed by atoms with Crippen molar-refractivity contribution in [3.63, 3.8) is 0 Å². The van der Waals surface area contributed by atoms with Crippen LogP contribution in [0.3, 0.4) is 0 Å². The summed E-state index contributed by atoms with van der Waals surface area (Å²) in [5.74, 6) is -0.922. The van der Waals surface area contributed by atoms with E-state index in [0.717, 1.165) is 18.7 Å². The summed E-state index contributed by atoms with van der Waals surface area (Å²) in [6.07, 6.45) is 5.41. The summed E-state index contributed by atoms with van der Waals surface area (Å²) in [5, 5.41) is 9.28. The number of nitrogens with zero attached hydrogens (tertiary/aromatic N) is 3. The minimum absolute atomic E-state index is 0.262. The van der Waals surface area contributed by atoms with Gasteiger partial charge in [0.25, 0.3) is 0 Å². The van der Waals surface area contributed by atoms with Crippen LogP contribution in [0.5, 0.6) is 0 Å². The van der Waals surface area contributed by atoms with Crippen LogP contribution in [-0.2, 0) is 0 Å². The fourth-order valence-electron chi connectivity index (χ4n) is 3.25. The number of imidazole rings is 1. The fraction of sp³-hybridized carbons (Fsp3) is 0.500. The van der Waals surface area contributed by atoms with Crippen molar-refractivity contribution in [3.05, 3.63) is 35.8 Å². The van der Waals surface area contributed by atoms with Gasteiger partial charge in [0.05, 0.1) is 11.7 Å². The van der Waals surface area contributed by atoms with Crippen molar-refractivity contribution < 1.29 is 9.90 Å². The number of carboxylic acid groups (broad SMARTS) is 1. The Hall–Kier alpha value is -1.88. The largest absolute Gasteiger partial charge is 0.477 e. The first-order valence-corrected chi connectivity index (χ1v) is 7.55. The molecule has 2 aromatic heterocycles. The summed E-state index contributed by atoms with van der Waals surface area (Å²) in [5.41, 5.74) is 1.95. The molecule has 0 saturated carbocycles. The Morgan fingerprint density at radius 2 is 2.19 bits per heavy atom. The number of aromatic carboxylic acids is 1. The molecule has 1 aliphatic heterocycles. The molecular formula is C16H21N3O2. The van der Waals surface area contributed by atoms with Crippen LogP contribution in [0, 0.1) is 0 Å². The van der Waals surface area contributed by atoms with Gasteiger partial charge < -0.3 is 5.11 Å². The Morgan fingerprint density at radius 3 is 2.90 bits per heavy atom. The van der Waals surface area contributed by atoms with E-state index in [1.54, 1.807) is 16.5 Å². The molecule has 0 radical (unpaired) electrons. The van der Waals surface area contributed by atoms with Crippen molar-refractivity contribution in [3.8, 4) is 0 Å². The Balaban J connectivity index is 2.04. The number of rotatable bonds is 3. The predicted octanol–water partition coefficient (Wildman–Crippen LogP) is 2.97. The highest BCUT2D eigenvalue weighted by molar-refractivity contribution is 5.86. The van der Waals surface area contributed by atoms with Crippen LogP contribution >= 0.6 is 0 Å². The lowest BCUT2D eigenvalue weighted by molar-refractivity contribution is 0.0688. The van der Waals surface area contributed by atoms with E-state index in [1.165, 1.54) is 12.8 Å². The minimum atomic E-state index is -0.922. The number of hydrogen-bond donors (Lipinski definition) is 1. The predicted molar refractivity (Wildman–Crippen MR) is 80.6 cm³/mol. The molecule has 0 aromatic carbocycles. The molecule has 3 heterocycles. The summed E-state index contributed by atoms with van der Waals surface area (Å²) in [7, 11) is 0. The lowest BCUT2D eigenvalue weighted by Gasteiger charge is -2.37. The second kappa shape index (κ2) is 5.48. The molecule has 0 spiro atoms. The summed E-state index contributed by atoms with van der Waals surface area (Å²) in [6, 6.07) is 5.98. The Morgan fingerprint density at radius 1 is 1.38 bits per heavy atom. The average Bonchev–Trinajstić information content (AvgIpc) is 2.90. The molecule has 3 rings (SSSR count). The first kappa shape index (κ1) is 14.1. The summed E-state index contributed by atoms with van der Waals surface area (Å²) in [4.78, 5) is 18.4. The van der Waals surface area contributed by atoms with Crippen molar-refractivity contribution in [1.82, 2.24) is 14.3 Å². The molecule has 0 aliphatic carbocycles. The maximum absolute atomic E-state index is 11.3. The quantitative estimate of drug-likeness (QED) is 0.943. The van der Waals surface area contributed by atoms with Crippen molar-refractivity contribution in [2.24, 2.45) is 0 Å². The van der Waals surface area contributed by atoms with Crippen molar-refractivity contribution in [2.45, 2.75) is 45.2 Å². The zero-order chi connectivity index (χ0) is 15.0. The van der Waals surface area contributed by atoms with Crippen LogP contribution < -0.4 is 0 Å². The SMILES string of the molecule is CC(C)N1CCCCC1c1cn2c(C(=O)O)cccc2n1. The highest BCUT2D eigenvalue weighted by Gasteiger charge is 2.28. The Labute approximate surface area is 124 Å². The summed E-state index contributed by atoms with van der Waals surface area (Å²) < 4.78 is 1.69. The number of pyridine rings is 1. The molecule has 2 aromatic rings. The van der Waals surface area contributed by atoms with Gasteiger partial charge in [-0.15, -0.1) is 0 Å². The number of likely N-dealkylation sites (tertiary alicyclic amines) is 1. The second-order valence-corrected chi connectivity index (χ2v) is 5.95. The van der Waals surface area contributed by atoms with E-state index in [-0.39, 0.29) is 5.69 Å². The molecule has 5 heteroatoms. The molecule has 1 fully saturated rings. The van der Waals surface area contributed by atoms with E-state index in [4.69, 9.17) is 0 Å². The van der Waals surface area contributed by atoms with Crippen molar-refractivity contribution in [1.29, 1.82) is 0 Å². The van der Waals surface area contributed by atoms with E-state index in [0.29, 0.717) is 17.7 Å². The van der Waals surface area contributed by atoms with E-state index < -0.39 is 5.97 Å².